The molecule has 14 rings (SSSR count). The molecule has 0 radical (unpaired) electrons. The first kappa shape index (κ1) is 46.3. The lowest BCUT2D eigenvalue weighted by Gasteiger charge is -2.27. The van der Waals surface area contributed by atoms with Gasteiger partial charge < -0.3 is 9.47 Å². The fraction of sp³-hybridized carbons (Fsp3) is 0. The van der Waals surface area contributed by atoms with Crippen molar-refractivity contribution in [3.05, 3.63) is 315 Å². The first-order valence-electron chi connectivity index (χ1n) is 26.8. The van der Waals surface area contributed by atoms with Crippen LogP contribution in [0.3, 0.4) is 0 Å². The van der Waals surface area contributed by atoms with Crippen LogP contribution in [0.15, 0.2) is 315 Å². The molecule has 0 aliphatic rings. The molecule has 0 saturated heterocycles. The summed E-state index contributed by atoms with van der Waals surface area (Å²) in [5, 5.41) is 4.88. The molecule has 0 saturated carbocycles. The Labute approximate surface area is 455 Å². The highest BCUT2D eigenvalue weighted by molar-refractivity contribution is 6.11. The van der Waals surface area contributed by atoms with E-state index in [9.17, 15) is 0 Å². The smallest absolute Gasteiger partial charge is 0.0541 e. The van der Waals surface area contributed by atoms with E-state index in [1.54, 1.807) is 0 Å². The Morgan fingerprint density at radius 1 is 0.205 bits per heavy atom. The van der Waals surface area contributed by atoms with Crippen LogP contribution in [0.25, 0.3) is 116 Å². The number of fused-ring (bicyclic) bond motifs is 4. The number of hydrogen-bond donors (Lipinski definition) is 0. The van der Waals surface area contributed by atoms with Gasteiger partial charge in [0, 0.05) is 33.5 Å². The molecular formula is C76H52N2. The lowest BCUT2D eigenvalue weighted by atomic mass is 9.93. The Morgan fingerprint density at radius 3 is 1.33 bits per heavy atom. The minimum atomic E-state index is 1.08. The van der Waals surface area contributed by atoms with Crippen LogP contribution in [0.1, 0.15) is 0 Å². The number of aromatic nitrogens is 1. The molecule has 0 N–H and O–H groups in total. The van der Waals surface area contributed by atoms with Crippen LogP contribution < -0.4 is 4.90 Å². The lowest BCUT2D eigenvalue weighted by molar-refractivity contribution is 1.18. The Morgan fingerprint density at radius 2 is 0.628 bits per heavy atom. The number of benzene rings is 13. The first-order chi connectivity index (χ1) is 38.7. The third-order valence-electron chi connectivity index (χ3n) is 15.3. The molecule has 0 atom stereocenters. The molecule has 0 amide bonds. The standard InChI is InChI=1S/C76H52N2/c1-5-22-53(23-6-1)57-30-19-31-58(44-57)63-46-64(72-40-21-29-56-28-13-14-36-69(56)72)51-68(50-63)78-75-41-18-17-39-73(75)74-52-60(42-43-76(74)78)71-38-16-15-37-70(71)59-32-20-35-66(47-59)77(65-33-11-4-12-34-65)67-48-61(54-24-7-2-8-25-54)45-62(49-67)55-26-9-3-10-27-55/h1-52H. The van der Waals surface area contributed by atoms with Crippen LogP contribution in [0.5, 0.6) is 0 Å². The predicted octanol–water partition coefficient (Wildman–Crippen LogP) is 21.1. The van der Waals surface area contributed by atoms with Gasteiger partial charge in [0.2, 0.25) is 0 Å². The van der Waals surface area contributed by atoms with Crippen LogP contribution in [0, 0.1) is 0 Å². The van der Waals surface area contributed by atoms with E-state index in [4.69, 9.17) is 0 Å². The molecule has 13 aromatic carbocycles. The normalized spacial score (nSPS) is 11.3. The van der Waals surface area contributed by atoms with Gasteiger partial charge in [-0.1, -0.05) is 231 Å². The summed E-state index contributed by atoms with van der Waals surface area (Å²) in [5.41, 5.74) is 23.1. The predicted molar refractivity (Wildman–Crippen MR) is 331 cm³/mol. The number of nitrogens with zero attached hydrogens (tertiary/aromatic N) is 2. The second-order valence-electron chi connectivity index (χ2n) is 20.1. The molecule has 0 aliphatic carbocycles. The van der Waals surface area contributed by atoms with E-state index in [0.29, 0.717) is 0 Å². The largest absolute Gasteiger partial charge is 0.310 e. The van der Waals surface area contributed by atoms with Crippen molar-refractivity contribution in [3.63, 3.8) is 0 Å². The van der Waals surface area contributed by atoms with Gasteiger partial charge in [-0.25, -0.2) is 0 Å². The van der Waals surface area contributed by atoms with Crippen LogP contribution >= 0.6 is 0 Å². The van der Waals surface area contributed by atoms with Gasteiger partial charge in [-0.3, -0.25) is 0 Å². The summed E-state index contributed by atoms with van der Waals surface area (Å²) in [4.78, 5) is 2.40. The van der Waals surface area contributed by atoms with Gasteiger partial charge >= 0.3 is 0 Å². The molecule has 366 valence electrons. The zero-order valence-corrected chi connectivity index (χ0v) is 42.9. The molecule has 1 aromatic heterocycles. The van der Waals surface area contributed by atoms with Crippen molar-refractivity contribution in [3.8, 4) is 83.6 Å². The summed E-state index contributed by atoms with van der Waals surface area (Å²) in [6.45, 7) is 0. The summed E-state index contributed by atoms with van der Waals surface area (Å²) < 4.78 is 2.47. The average Bonchev–Trinajstić information content (AvgIpc) is 4.08. The lowest BCUT2D eigenvalue weighted by Crippen LogP contribution is -2.10. The fourth-order valence-corrected chi connectivity index (χ4v) is 11.6. The summed E-state index contributed by atoms with van der Waals surface area (Å²) in [6.07, 6.45) is 0. The molecule has 78 heavy (non-hydrogen) atoms. The van der Waals surface area contributed by atoms with Gasteiger partial charge in [0.05, 0.1) is 11.0 Å². The van der Waals surface area contributed by atoms with E-state index in [-0.39, 0.29) is 0 Å². The summed E-state index contributed by atoms with van der Waals surface area (Å²) in [5.74, 6) is 0. The molecule has 2 heteroatoms. The van der Waals surface area contributed by atoms with E-state index in [1.807, 2.05) is 0 Å². The zero-order chi connectivity index (χ0) is 51.8. The second-order valence-corrected chi connectivity index (χ2v) is 20.1. The maximum absolute atomic E-state index is 2.47. The van der Waals surface area contributed by atoms with Crippen molar-refractivity contribution in [1.82, 2.24) is 4.57 Å². The second kappa shape index (κ2) is 20.1. The maximum atomic E-state index is 2.47. The highest BCUT2D eigenvalue weighted by Crippen LogP contribution is 2.44. The van der Waals surface area contributed by atoms with Crippen LogP contribution in [-0.2, 0) is 0 Å². The van der Waals surface area contributed by atoms with Gasteiger partial charge in [-0.05, 0) is 174 Å². The van der Waals surface area contributed by atoms with Gasteiger partial charge in [0.25, 0.3) is 0 Å². The van der Waals surface area contributed by atoms with Gasteiger partial charge in [0.15, 0.2) is 0 Å². The molecule has 0 spiro atoms. The fourth-order valence-electron chi connectivity index (χ4n) is 11.6. The van der Waals surface area contributed by atoms with Crippen molar-refractivity contribution < 1.29 is 0 Å². The van der Waals surface area contributed by atoms with Gasteiger partial charge in [-0.2, -0.15) is 0 Å². The Balaban J connectivity index is 0.904. The number of hydrogen-bond acceptors (Lipinski definition) is 1. The van der Waals surface area contributed by atoms with Crippen LogP contribution in [0.2, 0.25) is 0 Å². The molecular weight excluding hydrogens is 941 g/mol. The quantitative estimate of drug-likeness (QED) is 0.125. The maximum Gasteiger partial charge on any atom is 0.0541 e. The molecule has 14 aromatic rings. The minimum Gasteiger partial charge on any atom is -0.310 e. The first-order valence-corrected chi connectivity index (χ1v) is 26.8. The highest BCUT2D eigenvalue weighted by atomic mass is 15.1. The van der Waals surface area contributed by atoms with Crippen molar-refractivity contribution in [2.24, 2.45) is 0 Å². The summed E-state index contributed by atoms with van der Waals surface area (Å²) in [6, 6.07) is 115. The summed E-state index contributed by atoms with van der Waals surface area (Å²) >= 11 is 0. The van der Waals surface area contributed by atoms with Crippen LogP contribution in [0.4, 0.5) is 17.1 Å². The van der Waals surface area contributed by atoms with Crippen molar-refractivity contribution in [2.75, 3.05) is 4.90 Å². The third kappa shape index (κ3) is 8.72. The van der Waals surface area contributed by atoms with E-state index >= 15 is 0 Å². The molecule has 0 bridgehead atoms. The van der Waals surface area contributed by atoms with Gasteiger partial charge in [-0.15, -0.1) is 0 Å². The van der Waals surface area contributed by atoms with Crippen molar-refractivity contribution in [2.45, 2.75) is 0 Å². The van der Waals surface area contributed by atoms with E-state index < -0.39 is 0 Å². The Hall–Kier alpha value is -10.3. The molecule has 0 aliphatic heterocycles. The zero-order valence-electron chi connectivity index (χ0n) is 42.9. The molecule has 0 fully saturated rings. The Kier molecular flexibility index (Phi) is 11.9. The molecule has 1 heterocycles. The highest BCUT2D eigenvalue weighted by Gasteiger charge is 2.20. The number of para-hydroxylation sites is 2. The van der Waals surface area contributed by atoms with Crippen molar-refractivity contribution >= 4 is 49.6 Å². The minimum absolute atomic E-state index is 1.08. The van der Waals surface area contributed by atoms with Gasteiger partial charge in [0.1, 0.15) is 0 Å². The monoisotopic (exact) mass is 992 g/mol. The molecule has 2 nitrogen and oxygen atoms in total. The van der Waals surface area contributed by atoms with E-state index in [0.717, 1.165) is 56.0 Å². The third-order valence-corrected chi connectivity index (χ3v) is 15.3. The SMILES string of the molecule is c1ccc(-c2cccc(-c3cc(-c4cccc5ccccc45)cc(-n4c5ccccc5c5cc(-c6ccccc6-c6cccc(N(c7ccccc7)c7cc(-c8ccccc8)cc(-c8ccccc8)c7)c6)ccc54)c3)c2)cc1. The topological polar surface area (TPSA) is 8.17 Å². The van der Waals surface area contributed by atoms with Crippen molar-refractivity contribution in [1.29, 1.82) is 0 Å². The summed E-state index contributed by atoms with van der Waals surface area (Å²) in [7, 11) is 0. The van der Waals surface area contributed by atoms with E-state index in [1.165, 1.54) is 77.2 Å². The number of anilines is 3. The van der Waals surface area contributed by atoms with E-state index in [2.05, 4.69) is 325 Å². The Bertz CT molecular complexity index is 4420. The molecule has 0 unspecified atom stereocenters. The van der Waals surface area contributed by atoms with Crippen LogP contribution in [-0.4, -0.2) is 4.57 Å². The average molecular weight is 993 g/mol. The number of rotatable bonds is 11.